The fourth-order valence-corrected chi connectivity index (χ4v) is 2.52. The summed E-state index contributed by atoms with van der Waals surface area (Å²) in [5.41, 5.74) is 2.45. The first-order valence-electron chi connectivity index (χ1n) is 8.94. The van der Waals surface area contributed by atoms with E-state index < -0.39 is 18.5 Å². The van der Waals surface area contributed by atoms with Crippen molar-refractivity contribution in [3.8, 4) is 5.75 Å². The average molecular weight is 384 g/mol. The van der Waals surface area contributed by atoms with E-state index >= 15 is 0 Å². The lowest BCUT2D eigenvalue weighted by Crippen LogP contribution is -2.35. The van der Waals surface area contributed by atoms with E-state index in [0.29, 0.717) is 11.4 Å². The number of amides is 2. The van der Waals surface area contributed by atoms with Gasteiger partial charge in [-0.3, -0.25) is 14.4 Å². The first kappa shape index (κ1) is 21.0. The molecule has 148 valence electrons. The molecule has 0 fully saturated rings. The van der Waals surface area contributed by atoms with Gasteiger partial charge in [0.05, 0.1) is 20.1 Å². The van der Waals surface area contributed by atoms with E-state index in [1.165, 1.54) is 0 Å². The van der Waals surface area contributed by atoms with Gasteiger partial charge in [-0.1, -0.05) is 37.3 Å². The molecular weight excluding hydrogens is 360 g/mol. The van der Waals surface area contributed by atoms with Crippen LogP contribution in [0.3, 0.4) is 0 Å². The van der Waals surface area contributed by atoms with Crippen molar-refractivity contribution in [2.45, 2.75) is 19.8 Å². The number of aryl methyl sites for hydroxylation is 1. The molecular formula is C21H24N2O5. The molecule has 0 spiro atoms. The maximum Gasteiger partial charge on any atom is 0.310 e. The quantitative estimate of drug-likeness (QED) is 0.646. The summed E-state index contributed by atoms with van der Waals surface area (Å²) in [6.45, 7) is 1.35. The zero-order valence-corrected chi connectivity index (χ0v) is 16.0. The minimum absolute atomic E-state index is 0.0266. The van der Waals surface area contributed by atoms with Gasteiger partial charge in [0, 0.05) is 5.69 Å². The third-order valence-corrected chi connectivity index (χ3v) is 3.97. The minimum atomic E-state index is -0.544. The molecule has 28 heavy (non-hydrogen) atoms. The molecule has 0 aliphatic heterocycles. The van der Waals surface area contributed by atoms with Crippen LogP contribution in [0.5, 0.6) is 5.75 Å². The van der Waals surface area contributed by atoms with E-state index in [-0.39, 0.29) is 18.9 Å². The Labute approximate surface area is 164 Å². The molecule has 2 aromatic rings. The molecule has 0 aliphatic rings. The summed E-state index contributed by atoms with van der Waals surface area (Å²) in [7, 11) is 1.54. The van der Waals surface area contributed by atoms with Crippen LogP contribution in [-0.2, 0) is 32.0 Å². The van der Waals surface area contributed by atoms with E-state index in [1.807, 2.05) is 25.1 Å². The predicted octanol–water partition coefficient (Wildman–Crippen LogP) is 2.10. The molecule has 7 nitrogen and oxygen atoms in total. The van der Waals surface area contributed by atoms with Gasteiger partial charge in [0.1, 0.15) is 5.75 Å². The number of anilines is 1. The fourth-order valence-electron chi connectivity index (χ4n) is 2.52. The van der Waals surface area contributed by atoms with Crippen LogP contribution in [0.2, 0.25) is 0 Å². The van der Waals surface area contributed by atoms with Gasteiger partial charge < -0.3 is 20.1 Å². The Morgan fingerprint density at radius 2 is 1.79 bits per heavy atom. The molecule has 2 aromatic carbocycles. The van der Waals surface area contributed by atoms with E-state index in [0.717, 1.165) is 17.5 Å². The maximum atomic E-state index is 12.0. The van der Waals surface area contributed by atoms with Crippen molar-refractivity contribution < 1.29 is 23.9 Å². The summed E-state index contributed by atoms with van der Waals surface area (Å²) < 4.78 is 10.0. The number of esters is 1. The summed E-state index contributed by atoms with van der Waals surface area (Å²) in [4.78, 5) is 35.6. The molecule has 0 radical (unpaired) electrons. The standard InChI is InChI=1S/C21H24N2O5/c1-3-16-8-4-5-10-18(16)23-19(24)13-22-20(25)14-28-21(26)12-15-7-6-9-17(11-15)27-2/h4-11H,3,12-14H2,1-2H3,(H,22,25)(H,23,24). The summed E-state index contributed by atoms with van der Waals surface area (Å²) in [5, 5.41) is 5.18. The number of nitrogens with one attached hydrogen (secondary N) is 2. The highest BCUT2D eigenvalue weighted by Gasteiger charge is 2.11. The summed E-state index contributed by atoms with van der Waals surface area (Å²) in [6.07, 6.45) is 0.810. The largest absolute Gasteiger partial charge is 0.497 e. The average Bonchev–Trinajstić information content (AvgIpc) is 2.71. The Kier molecular flexibility index (Phi) is 8.02. The SMILES string of the molecule is CCc1ccccc1NC(=O)CNC(=O)COC(=O)Cc1cccc(OC)c1. The lowest BCUT2D eigenvalue weighted by Gasteiger charge is -2.10. The number of rotatable bonds is 9. The van der Waals surface area contributed by atoms with Crippen LogP contribution in [0.1, 0.15) is 18.1 Å². The fraction of sp³-hybridized carbons (Fsp3) is 0.286. The first-order valence-corrected chi connectivity index (χ1v) is 8.94. The summed E-state index contributed by atoms with van der Waals surface area (Å²) in [5.74, 6) is -0.793. The number of methoxy groups -OCH3 is 1. The van der Waals surface area contributed by atoms with Gasteiger partial charge in [-0.05, 0) is 35.7 Å². The Bertz CT molecular complexity index is 835. The van der Waals surface area contributed by atoms with Crippen LogP contribution in [0.15, 0.2) is 48.5 Å². The molecule has 0 heterocycles. The monoisotopic (exact) mass is 384 g/mol. The predicted molar refractivity (Wildman–Crippen MR) is 105 cm³/mol. The third kappa shape index (κ3) is 6.75. The normalized spacial score (nSPS) is 10.1. The number of para-hydroxylation sites is 1. The van der Waals surface area contributed by atoms with Crippen molar-refractivity contribution >= 4 is 23.5 Å². The van der Waals surface area contributed by atoms with Crippen molar-refractivity contribution in [2.24, 2.45) is 0 Å². The zero-order chi connectivity index (χ0) is 20.4. The summed E-state index contributed by atoms with van der Waals surface area (Å²) in [6, 6.07) is 14.5. The van der Waals surface area contributed by atoms with Crippen molar-refractivity contribution in [3.05, 3.63) is 59.7 Å². The second kappa shape index (κ2) is 10.7. The van der Waals surface area contributed by atoms with Crippen LogP contribution in [-0.4, -0.2) is 38.0 Å². The molecule has 0 aliphatic carbocycles. The van der Waals surface area contributed by atoms with Crippen LogP contribution in [0.4, 0.5) is 5.69 Å². The Morgan fingerprint density at radius 1 is 1.00 bits per heavy atom. The van der Waals surface area contributed by atoms with Gasteiger partial charge in [-0.25, -0.2) is 0 Å². The van der Waals surface area contributed by atoms with Gasteiger partial charge in [0.15, 0.2) is 6.61 Å². The highest BCUT2D eigenvalue weighted by atomic mass is 16.5. The van der Waals surface area contributed by atoms with Crippen molar-refractivity contribution in [3.63, 3.8) is 0 Å². The number of hydrogen-bond donors (Lipinski definition) is 2. The molecule has 2 N–H and O–H groups in total. The lowest BCUT2D eigenvalue weighted by atomic mass is 10.1. The van der Waals surface area contributed by atoms with Gasteiger partial charge in [0.25, 0.3) is 5.91 Å². The molecule has 7 heteroatoms. The minimum Gasteiger partial charge on any atom is -0.497 e. The first-order chi connectivity index (χ1) is 13.5. The second-order valence-electron chi connectivity index (χ2n) is 6.02. The molecule has 0 aromatic heterocycles. The smallest absolute Gasteiger partial charge is 0.310 e. The van der Waals surface area contributed by atoms with Gasteiger partial charge >= 0.3 is 5.97 Å². The van der Waals surface area contributed by atoms with Crippen LogP contribution in [0, 0.1) is 0 Å². The van der Waals surface area contributed by atoms with Crippen molar-refractivity contribution in [1.82, 2.24) is 5.32 Å². The molecule has 0 unspecified atom stereocenters. The molecule has 2 rings (SSSR count). The second-order valence-corrected chi connectivity index (χ2v) is 6.02. The van der Waals surface area contributed by atoms with E-state index in [1.54, 1.807) is 37.4 Å². The number of carbonyl (C=O) groups excluding carboxylic acids is 3. The number of benzene rings is 2. The van der Waals surface area contributed by atoms with E-state index in [4.69, 9.17) is 9.47 Å². The Morgan fingerprint density at radius 3 is 2.54 bits per heavy atom. The zero-order valence-electron chi connectivity index (χ0n) is 16.0. The van der Waals surface area contributed by atoms with Crippen molar-refractivity contribution in [1.29, 1.82) is 0 Å². The summed E-state index contributed by atoms with van der Waals surface area (Å²) >= 11 is 0. The Balaban J connectivity index is 1.71. The number of ether oxygens (including phenoxy) is 2. The highest BCUT2D eigenvalue weighted by Crippen LogP contribution is 2.15. The molecule has 0 saturated carbocycles. The van der Waals surface area contributed by atoms with E-state index in [2.05, 4.69) is 10.6 Å². The topological polar surface area (TPSA) is 93.7 Å². The molecule has 2 amide bonds. The van der Waals surface area contributed by atoms with Gasteiger partial charge in [0.2, 0.25) is 5.91 Å². The maximum absolute atomic E-state index is 12.0. The highest BCUT2D eigenvalue weighted by molar-refractivity contribution is 5.95. The molecule has 0 atom stereocenters. The Hall–Kier alpha value is -3.35. The number of carbonyl (C=O) groups is 3. The van der Waals surface area contributed by atoms with Crippen molar-refractivity contribution in [2.75, 3.05) is 25.6 Å². The van der Waals surface area contributed by atoms with Crippen LogP contribution in [0.25, 0.3) is 0 Å². The third-order valence-electron chi connectivity index (χ3n) is 3.97. The molecule has 0 bridgehead atoms. The number of hydrogen-bond acceptors (Lipinski definition) is 5. The van der Waals surface area contributed by atoms with Gasteiger partial charge in [-0.15, -0.1) is 0 Å². The van der Waals surface area contributed by atoms with Gasteiger partial charge in [-0.2, -0.15) is 0 Å². The lowest BCUT2D eigenvalue weighted by molar-refractivity contribution is -0.147. The molecule has 0 saturated heterocycles. The van der Waals surface area contributed by atoms with Crippen LogP contribution < -0.4 is 15.4 Å². The van der Waals surface area contributed by atoms with Crippen LogP contribution >= 0.6 is 0 Å². The van der Waals surface area contributed by atoms with E-state index in [9.17, 15) is 14.4 Å².